The second-order valence-electron chi connectivity index (χ2n) is 4.30. The summed E-state index contributed by atoms with van der Waals surface area (Å²) in [5.41, 5.74) is 5.83. The van der Waals surface area contributed by atoms with Crippen molar-refractivity contribution in [3.63, 3.8) is 0 Å². The first-order valence-corrected chi connectivity index (χ1v) is 6.59. The Hall–Kier alpha value is -2.39. The Morgan fingerprint density at radius 1 is 1.05 bits per heavy atom. The third-order valence-corrected chi connectivity index (χ3v) is 3.14. The van der Waals surface area contributed by atoms with Crippen LogP contribution in [0.5, 0.6) is 0 Å². The Balaban J connectivity index is 1.86. The monoisotopic (exact) mass is 281 g/mol. The lowest BCUT2D eigenvalue weighted by Crippen LogP contribution is -1.92. The molecule has 0 saturated heterocycles. The molecule has 0 aliphatic heterocycles. The van der Waals surface area contributed by atoms with Gasteiger partial charge in [0.15, 0.2) is 0 Å². The van der Waals surface area contributed by atoms with Gasteiger partial charge in [0.25, 0.3) is 0 Å². The predicted octanol–water partition coefficient (Wildman–Crippen LogP) is 4.33. The average Bonchev–Trinajstić information content (AvgIpc) is 2.48. The second kappa shape index (κ2) is 5.72. The number of hydrogen-bond acceptors (Lipinski definition) is 3. The fourth-order valence-electron chi connectivity index (χ4n) is 1.93. The minimum atomic E-state index is 0.676. The minimum absolute atomic E-state index is 0.676. The topological polar surface area (TPSA) is 37.3 Å². The van der Waals surface area contributed by atoms with Crippen molar-refractivity contribution in [3.05, 3.63) is 71.4 Å². The molecule has 0 fully saturated rings. The third kappa shape index (κ3) is 2.78. The zero-order chi connectivity index (χ0) is 13.8. The van der Waals surface area contributed by atoms with Gasteiger partial charge in [-0.1, -0.05) is 41.9 Å². The van der Waals surface area contributed by atoms with E-state index >= 15 is 0 Å². The summed E-state index contributed by atoms with van der Waals surface area (Å²) in [4.78, 5) is 4.29. The molecule has 3 nitrogen and oxygen atoms in total. The van der Waals surface area contributed by atoms with Gasteiger partial charge in [-0.2, -0.15) is 5.10 Å². The van der Waals surface area contributed by atoms with E-state index in [0.29, 0.717) is 5.02 Å². The van der Waals surface area contributed by atoms with Crippen LogP contribution in [-0.2, 0) is 0 Å². The largest absolute Gasteiger partial charge is 0.278 e. The van der Waals surface area contributed by atoms with Gasteiger partial charge >= 0.3 is 0 Å². The van der Waals surface area contributed by atoms with Gasteiger partial charge in [0, 0.05) is 16.6 Å². The number of hydrogen-bond donors (Lipinski definition) is 1. The molecule has 3 aromatic rings. The van der Waals surface area contributed by atoms with Gasteiger partial charge in [0.1, 0.15) is 0 Å². The van der Waals surface area contributed by atoms with Crippen LogP contribution in [0.4, 0.5) is 5.69 Å². The van der Waals surface area contributed by atoms with Gasteiger partial charge in [-0.3, -0.25) is 10.4 Å². The molecule has 20 heavy (non-hydrogen) atoms. The number of benzene rings is 2. The van der Waals surface area contributed by atoms with Crippen molar-refractivity contribution >= 4 is 34.4 Å². The van der Waals surface area contributed by atoms with Crippen LogP contribution in [0.2, 0.25) is 5.02 Å². The summed E-state index contributed by atoms with van der Waals surface area (Å²) in [6.07, 6.45) is 3.52. The van der Waals surface area contributed by atoms with Crippen LogP contribution >= 0.6 is 11.6 Å². The highest BCUT2D eigenvalue weighted by molar-refractivity contribution is 6.31. The quantitative estimate of drug-likeness (QED) is 0.573. The standard InChI is InChI=1S/C16H12ClN3/c17-13-6-7-14-15(8-9-18-16(14)10-13)20-19-11-12-4-2-1-3-5-12/h1-11H,(H,18,20)/b19-11+. The maximum absolute atomic E-state index is 5.97. The highest BCUT2D eigenvalue weighted by atomic mass is 35.5. The maximum atomic E-state index is 5.97. The summed E-state index contributed by atoms with van der Waals surface area (Å²) in [5.74, 6) is 0. The van der Waals surface area contributed by atoms with Gasteiger partial charge in [-0.15, -0.1) is 0 Å². The van der Waals surface area contributed by atoms with Crippen LogP contribution in [0.25, 0.3) is 10.9 Å². The van der Waals surface area contributed by atoms with Crippen LogP contribution < -0.4 is 5.43 Å². The lowest BCUT2D eigenvalue weighted by molar-refractivity contribution is 1.33. The van der Waals surface area contributed by atoms with Crippen LogP contribution in [0.3, 0.4) is 0 Å². The first kappa shape index (κ1) is 12.6. The van der Waals surface area contributed by atoms with E-state index in [-0.39, 0.29) is 0 Å². The van der Waals surface area contributed by atoms with E-state index in [2.05, 4.69) is 15.5 Å². The summed E-state index contributed by atoms with van der Waals surface area (Å²) in [6, 6.07) is 17.4. The molecule has 0 saturated carbocycles. The molecule has 2 aromatic carbocycles. The van der Waals surface area contributed by atoms with Gasteiger partial charge in [-0.25, -0.2) is 0 Å². The van der Waals surface area contributed by atoms with Crippen molar-refractivity contribution in [1.82, 2.24) is 4.98 Å². The molecule has 98 valence electrons. The summed E-state index contributed by atoms with van der Waals surface area (Å²) in [7, 11) is 0. The molecule has 1 N–H and O–H groups in total. The van der Waals surface area contributed by atoms with Gasteiger partial charge in [0.05, 0.1) is 17.4 Å². The number of rotatable bonds is 3. The molecule has 0 aliphatic carbocycles. The third-order valence-electron chi connectivity index (χ3n) is 2.90. The van der Waals surface area contributed by atoms with Crippen LogP contribution in [0.15, 0.2) is 65.9 Å². The maximum Gasteiger partial charge on any atom is 0.0738 e. The van der Waals surface area contributed by atoms with Crippen molar-refractivity contribution in [2.45, 2.75) is 0 Å². The van der Waals surface area contributed by atoms with E-state index in [1.165, 1.54) is 0 Å². The SMILES string of the molecule is Clc1ccc2c(N/N=C/c3ccccc3)ccnc2c1. The summed E-state index contributed by atoms with van der Waals surface area (Å²) < 4.78 is 0. The molecule has 0 amide bonds. The number of nitrogens with zero attached hydrogens (tertiary/aromatic N) is 2. The van der Waals surface area contributed by atoms with Gasteiger partial charge in [-0.05, 0) is 29.8 Å². The van der Waals surface area contributed by atoms with Gasteiger partial charge in [0.2, 0.25) is 0 Å². The Labute approximate surface area is 121 Å². The second-order valence-corrected chi connectivity index (χ2v) is 4.74. The first-order chi connectivity index (χ1) is 9.83. The lowest BCUT2D eigenvalue weighted by Gasteiger charge is -2.05. The highest BCUT2D eigenvalue weighted by Crippen LogP contribution is 2.24. The molecular weight excluding hydrogens is 270 g/mol. The first-order valence-electron chi connectivity index (χ1n) is 6.21. The number of anilines is 1. The number of halogens is 1. The fourth-order valence-corrected chi connectivity index (χ4v) is 2.10. The van der Waals surface area contributed by atoms with Crippen LogP contribution in [0.1, 0.15) is 5.56 Å². The zero-order valence-corrected chi connectivity index (χ0v) is 11.4. The molecule has 0 radical (unpaired) electrons. The van der Waals surface area contributed by atoms with Crippen LogP contribution in [0, 0.1) is 0 Å². The molecule has 0 bridgehead atoms. The van der Waals surface area contributed by atoms with Crippen molar-refractivity contribution in [3.8, 4) is 0 Å². The molecule has 1 heterocycles. The Morgan fingerprint density at radius 2 is 1.90 bits per heavy atom. The minimum Gasteiger partial charge on any atom is -0.278 e. The average molecular weight is 282 g/mol. The van der Waals surface area contributed by atoms with Crippen molar-refractivity contribution < 1.29 is 0 Å². The van der Waals surface area contributed by atoms with Gasteiger partial charge < -0.3 is 0 Å². The van der Waals surface area contributed by atoms with Crippen molar-refractivity contribution in [2.75, 3.05) is 5.43 Å². The Bertz CT molecular complexity index is 754. The van der Waals surface area contributed by atoms with E-state index in [1.807, 2.05) is 54.6 Å². The summed E-state index contributed by atoms with van der Waals surface area (Å²) >= 11 is 5.97. The summed E-state index contributed by atoms with van der Waals surface area (Å²) in [6.45, 7) is 0. The van der Waals surface area contributed by atoms with E-state index in [4.69, 9.17) is 11.6 Å². The number of fused-ring (bicyclic) bond motifs is 1. The fraction of sp³-hybridized carbons (Fsp3) is 0. The molecule has 4 heteroatoms. The molecule has 3 rings (SSSR count). The molecule has 1 aromatic heterocycles. The highest BCUT2D eigenvalue weighted by Gasteiger charge is 2.01. The number of aromatic nitrogens is 1. The van der Waals surface area contributed by atoms with Crippen molar-refractivity contribution in [1.29, 1.82) is 0 Å². The van der Waals surface area contributed by atoms with Crippen molar-refractivity contribution in [2.24, 2.45) is 5.10 Å². The molecule has 0 unspecified atom stereocenters. The van der Waals surface area contributed by atoms with Crippen LogP contribution in [-0.4, -0.2) is 11.2 Å². The van der Waals surface area contributed by atoms with E-state index < -0.39 is 0 Å². The lowest BCUT2D eigenvalue weighted by atomic mass is 10.2. The summed E-state index contributed by atoms with van der Waals surface area (Å²) in [5, 5.41) is 5.91. The molecule has 0 atom stereocenters. The Kier molecular flexibility index (Phi) is 3.61. The van der Waals surface area contributed by atoms with E-state index in [9.17, 15) is 0 Å². The molecule has 0 spiro atoms. The van der Waals surface area contributed by atoms with E-state index in [0.717, 1.165) is 22.2 Å². The zero-order valence-electron chi connectivity index (χ0n) is 10.6. The Morgan fingerprint density at radius 3 is 2.75 bits per heavy atom. The number of hydrazone groups is 1. The normalized spacial score (nSPS) is 11.1. The number of pyridine rings is 1. The van der Waals surface area contributed by atoms with E-state index in [1.54, 1.807) is 12.4 Å². The molecular formula is C16H12ClN3. The molecule has 0 aliphatic rings. The smallest absolute Gasteiger partial charge is 0.0738 e. The number of nitrogens with one attached hydrogen (secondary N) is 1. The predicted molar refractivity (Wildman–Crippen MR) is 84.4 cm³/mol.